The van der Waals surface area contributed by atoms with Crippen LogP contribution < -0.4 is 5.32 Å². The highest BCUT2D eigenvalue weighted by Gasteiger charge is 2.27. The van der Waals surface area contributed by atoms with Crippen LogP contribution in [-0.2, 0) is 4.74 Å². The Kier molecular flexibility index (Phi) is 5.42. The summed E-state index contributed by atoms with van der Waals surface area (Å²) in [6.07, 6.45) is 1.92. The van der Waals surface area contributed by atoms with Crippen molar-refractivity contribution in [3.63, 3.8) is 0 Å². The Balaban J connectivity index is 2.48. The molecule has 102 valence electrons. The van der Waals surface area contributed by atoms with Crippen LogP contribution in [0.1, 0.15) is 48.0 Å². The first-order valence-corrected chi connectivity index (χ1v) is 6.96. The molecule has 1 heterocycles. The third kappa shape index (κ3) is 5.36. The Bertz CT molecular complexity index is 215. The fraction of sp³-hybridized carbons (Fsp3) is 1.00. The molecule has 17 heavy (non-hydrogen) atoms. The molecule has 3 nitrogen and oxygen atoms in total. The lowest BCUT2D eigenvalue weighted by atomic mass is 10.1. The molecule has 1 rings (SSSR count). The minimum absolute atomic E-state index is 0.205. The number of nitrogens with zero attached hydrogens (tertiary/aromatic N) is 1. The van der Waals surface area contributed by atoms with Crippen molar-refractivity contribution in [2.75, 3.05) is 19.6 Å². The fourth-order valence-corrected chi connectivity index (χ4v) is 2.47. The summed E-state index contributed by atoms with van der Waals surface area (Å²) in [6.45, 7) is 16.5. The van der Waals surface area contributed by atoms with E-state index in [2.05, 4.69) is 51.8 Å². The van der Waals surface area contributed by atoms with E-state index in [0.717, 1.165) is 19.6 Å². The minimum Gasteiger partial charge on any atom is -0.373 e. The lowest BCUT2D eigenvalue weighted by Gasteiger charge is -2.41. The van der Waals surface area contributed by atoms with Crippen molar-refractivity contribution in [1.29, 1.82) is 0 Å². The zero-order valence-corrected chi connectivity index (χ0v) is 12.4. The van der Waals surface area contributed by atoms with Crippen LogP contribution in [-0.4, -0.2) is 48.3 Å². The van der Waals surface area contributed by atoms with E-state index >= 15 is 0 Å². The largest absolute Gasteiger partial charge is 0.373 e. The van der Waals surface area contributed by atoms with Gasteiger partial charge >= 0.3 is 0 Å². The number of nitrogens with one attached hydrogen (secondary N) is 1. The van der Waals surface area contributed by atoms with Crippen molar-refractivity contribution in [2.45, 2.75) is 71.8 Å². The summed E-state index contributed by atoms with van der Waals surface area (Å²) in [7, 11) is 0. The van der Waals surface area contributed by atoms with Crippen molar-refractivity contribution < 1.29 is 4.74 Å². The second kappa shape index (κ2) is 6.17. The second-order valence-electron chi connectivity index (χ2n) is 6.40. The zero-order chi connectivity index (χ0) is 13.1. The molecule has 1 aliphatic rings. The van der Waals surface area contributed by atoms with Crippen molar-refractivity contribution in [3.8, 4) is 0 Å². The molecular formula is C14H30N2O. The molecule has 3 heteroatoms. The number of rotatable bonds is 4. The molecule has 1 saturated heterocycles. The van der Waals surface area contributed by atoms with Gasteiger partial charge in [-0.15, -0.1) is 0 Å². The van der Waals surface area contributed by atoms with Crippen LogP contribution in [0.25, 0.3) is 0 Å². The van der Waals surface area contributed by atoms with Gasteiger partial charge in [0, 0.05) is 31.2 Å². The van der Waals surface area contributed by atoms with Gasteiger partial charge in [-0.25, -0.2) is 0 Å². The zero-order valence-electron chi connectivity index (χ0n) is 12.4. The van der Waals surface area contributed by atoms with Gasteiger partial charge in [-0.05, 0) is 41.0 Å². The van der Waals surface area contributed by atoms with Crippen LogP contribution in [0.15, 0.2) is 0 Å². The van der Waals surface area contributed by atoms with E-state index < -0.39 is 0 Å². The lowest BCUT2D eigenvalue weighted by Crippen LogP contribution is -2.54. The molecule has 0 saturated carbocycles. The van der Waals surface area contributed by atoms with Crippen molar-refractivity contribution in [2.24, 2.45) is 0 Å². The van der Waals surface area contributed by atoms with Gasteiger partial charge in [0.2, 0.25) is 0 Å². The third-order valence-corrected chi connectivity index (χ3v) is 3.30. The summed E-state index contributed by atoms with van der Waals surface area (Å²) in [5, 5.41) is 3.62. The first-order chi connectivity index (χ1) is 7.81. The smallest absolute Gasteiger partial charge is 0.0678 e. The molecule has 0 spiro atoms. The molecule has 0 aromatic heterocycles. The number of hydrogen-bond donors (Lipinski definition) is 1. The van der Waals surface area contributed by atoms with Gasteiger partial charge in [0.05, 0.1) is 12.2 Å². The predicted molar refractivity (Wildman–Crippen MR) is 73.4 cm³/mol. The predicted octanol–water partition coefficient (Wildman–Crippen LogP) is 2.26. The highest BCUT2D eigenvalue weighted by atomic mass is 16.5. The van der Waals surface area contributed by atoms with Gasteiger partial charge in [-0.3, -0.25) is 4.90 Å². The molecule has 0 aromatic rings. The van der Waals surface area contributed by atoms with Gasteiger partial charge in [-0.2, -0.15) is 0 Å². The van der Waals surface area contributed by atoms with Crippen molar-refractivity contribution in [1.82, 2.24) is 10.2 Å². The highest BCUT2D eigenvalue weighted by Crippen LogP contribution is 2.15. The average molecular weight is 242 g/mol. The molecule has 0 bridgehead atoms. The quantitative estimate of drug-likeness (QED) is 0.818. The monoisotopic (exact) mass is 242 g/mol. The molecular weight excluding hydrogens is 212 g/mol. The van der Waals surface area contributed by atoms with Gasteiger partial charge in [0.15, 0.2) is 0 Å². The number of morpholine rings is 1. The van der Waals surface area contributed by atoms with E-state index in [1.165, 1.54) is 6.42 Å². The normalized spacial score (nSPS) is 29.3. The maximum Gasteiger partial charge on any atom is 0.0678 e. The molecule has 3 atom stereocenters. The summed E-state index contributed by atoms with van der Waals surface area (Å²) in [6, 6.07) is 0.628. The first kappa shape index (κ1) is 14.9. The number of hydrogen-bond acceptors (Lipinski definition) is 3. The summed E-state index contributed by atoms with van der Waals surface area (Å²) < 4.78 is 5.79. The molecule has 1 N–H and O–H groups in total. The molecule has 1 fully saturated rings. The van der Waals surface area contributed by atoms with Crippen molar-refractivity contribution in [3.05, 3.63) is 0 Å². The van der Waals surface area contributed by atoms with Gasteiger partial charge in [-0.1, -0.05) is 6.92 Å². The Morgan fingerprint density at radius 1 is 1.24 bits per heavy atom. The summed E-state index contributed by atoms with van der Waals surface area (Å²) in [5.74, 6) is 0. The van der Waals surface area contributed by atoms with E-state index in [0.29, 0.717) is 18.2 Å². The first-order valence-electron chi connectivity index (χ1n) is 6.96. The van der Waals surface area contributed by atoms with E-state index in [4.69, 9.17) is 4.74 Å². The van der Waals surface area contributed by atoms with E-state index in [1.54, 1.807) is 0 Å². The Morgan fingerprint density at radius 3 is 2.18 bits per heavy atom. The molecule has 0 amide bonds. The molecule has 0 radical (unpaired) electrons. The van der Waals surface area contributed by atoms with E-state index in [9.17, 15) is 0 Å². The summed E-state index contributed by atoms with van der Waals surface area (Å²) in [4.78, 5) is 2.58. The van der Waals surface area contributed by atoms with Crippen LogP contribution in [0.3, 0.4) is 0 Å². The van der Waals surface area contributed by atoms with Crippen LogP contribution in [0.4, 0.5) is 0 Å². The average Bonchev–Trinajstić information content (AvgIpc) is 2.15. The SMILES string of the molecule is CCC(CNC(C)(C)C)N1CC(C)OC(C)C1. The standard InChI is InChI=1S/C14H30N2O/c1-7-13(8-15-14(4,5)6)16-9-11(2)17-12(3)10-16/h11-13,15H,7-10H2,1-6H3. The van der Waals surface area contributed by atoms with Gasteiger partial charge in [0.1, 0.15) is 0 Å². The molecule has 3 unspecified atom stereocenters. The maximum atomic E-state index is 5.79. The Morgan fingerprint density at radius 2 is 1.76 bits per heavy atom. The minimum atomic E-state index is 0.205. The molecule has 0 aliphatic carbocycles. The summed E-state index contributed by atoms with van der Waals surface area (Å²) >= 11 is 0. The van der Waals surface area contributed by atoms with Crippen LogP contribution in [0, 0.1) is 0 Å². The van der Waals surface area contributed by atoms with Gasteiger partial charge < -0.3 is 10.1 Å². The van der Waals surface area contributed by atoms with Crippen LogP contribution >= 0.6 is 0 Å². The summed E-state index contributed by atoms with van der Waals surface area (Å²) in [5.41, 5.74) is 0.205. The van der Waals surface area contributed by atoms with Crippen LogP contribution in [0.5, 0.6) is 0 Å². The highest BCUT2D eigenvalue weighted by molar-refractivity contribution is 4.82. The van der Waals surface area contributed by atoms with Crippen molar-refractivity contribution >= 4 is 0 Å². The fourth-order valence-electron chi connectivity index (χ4n) is 2.47. The Labute approximate surface area is 107 Å². The van der Waals surface area contributed by atoms with Crippen LogP contribution in [0.2, 0.25) is 0 Å². The number of ether oxygens (including phenoxy) is 1. The lowest BCUT2D eigenvalue weighted by molar-refractivity contribution is -0.0808. The maximum absolute atomic E-state index is 5.79. The topological polar surface area (TPSA) is 24.5 Å². The van der Waals surface area contributed by atoms with Gasteiger partial charge in [0.25, 0.3) is 0 Å². The third-order valence-electron chi connectivity index (χ3n) is 3.30. The second-order valence-corrected chi connectivity index (χ2v) is 6.40. The van der Waals surface area contributed by atoms with E-state index in [1.807, 2.05) is 0 Å². The molecule has 0 aromatic carbocycles. The molecule has 1 aliphatic heterocycles. The Hall–Kier alpha value is -0.120. The van der Waals surface area contributed by atoms with E-state index in [-0.39, 0.29) is 5.54 Å².